The van der Waals surface area contributed by atoms with Gasteiger partial charge in [-0.05, 0) is 35.4 Å². The molecule has 2 aromatic carbocycles. The van der Waals surface area contributed by atoms with Crippen LogP contribution in [0.5, 0.6) is 0 Å². The third-order valence-electron chi connectivity index (χ3n) is 5.94. The average molecular weight is 471 g/mol. The molecular weight excluding hydrogens is 448 g/mol. The summed E-state index contributed by atoms with van der Waals surface area (Å²) in [4.78, 5) is 25.2. The molecule has 1 atom stereocenters. The fourth-order valence-electron chi connectivity index (χ4n) is 4.36. The molecule has 1 saturated heterocycles. The number of aromatic amines is 1. The number of rotatable bonds is 4. The van der Waals surface area contributed by atoms with Gasteiger partial charge < -0.3 is 15.0 Å². The Balaban J connectivity index is 1.28. The Morgan fingerprint density at radius 1 is 1.21 bits per heavy atom. The molecule has 3 aromatic heterocycles. The maximum Gasteiger partial charge on any atom is 0.226 e. The van der Waals surface area contributed by atoms with E-state index < -0.39 is 0 Å². The SMILES string of the molecule is CC(=O)Nc1cccc(-c2cc3cnc(N4CCOC(c5cccc6[nH]ncc56)C4)nc3s2)c1. The Bertz CT molecular complexity index is 1510. The summed E-state index contributed by atoms with van der Waals surface area (Å²) in [6, 6.07) is 16.1. The first-order valence-electron chi connectivity index (χ1n) is 11.1. The van der Waals surface area contributed by atoms with Gasteiger partial charge in [0.2, 0.25) is 11.9 Å². The van der Waals surface area contributed by atoms with E-state index in [2.05, 4.69) is 37.5 Å². The molecule has 1 fully saturated rings. The summed E-state index contributed by atoms with van der Waals surface area (Å²) in [5, 5.41) is 12.1. The van der Waals surface area contributed by atoms with Crippen molar-refractivity contribution < 1.29 is 9.53 Å². The van der Waals surface area contributed by atoms with Crippen molar-refractivity contribution in [2.45, 2.75) is 13.0 Å². The van der Waals surface area contributed by atoms with Gasteiger partial charge in [-0.3, -0.25) is 9.89 Å². The predicted molar refractivity (Wildman–Crippen MR) is 134 cm³/mol. The van der Waals surface area contributed by atoms with Crippen molar-refractivity contribution in [3.05, 3.63) is 66.5 Å². The van der Waals surface area contributed by atoms with Crippen LogP contribution in [0.3, 0.4) is 0 Å². The molecule has 0 saturated carbocycles. The van der Waals surface area contributed by atoms with E-state index in [4.69, 9.17) is 9.72 Å². The van der Waals surface area contributed by atoms with Crippen molar-refractivity contribution in [3.63, 3.8) is 0 Å². The second kappa shape index (κ2) is 8.51. The molecule has 0 spiro atoms. The van der Waals surface area contributed by atoms with Crippen molar-refractivity contribution in [2.75, 3.05) is 29.9 Å². The zero-order valence-electron chi connectivity index (χ0n) is 18.5. The lowest BCUT2D eigenvalue weighted by Crippen LogP contribution is -2.39. The molecule has 6 rings (SSSR count). The highest BCUT2D eigenvalue weighted by Gasteiger charge is 2.25. The first kappa shape index (κ1) is 20.8. The maximum atomic E-state index is 11.4. The summed E-state index contributed by atoms with van der Waals surface area (Å²) in [7, 11) is 0. The Morgan fingerprint density at radius 2 is 2.12 bits per heavy atom. The van der Waals surface area contributed by atoms with Crippen LogP contribution in [0.25, 0.3) is 31.6 Å². The molecule has 5 aromatic rings. The van der Waals surface area contributed by atoms with Crippen LogP contribution in [-0.4, -0.2) is 45.8 Å². The number of nitrogens with zero attached hydrogens (tertiary/aromatic N) is 4. The standard InChI is InChI=1S/C25H22N6O2S/c1-15(32)28-18-5-2-4-16(10-18)23-11-17-12-26-25(29-24(17)34-23)31-8-9-33-22(14-31)19-6-3-7-21-20(19)13-27-30-21/h2-7,10-13,22H,8-9,14H2,1H3,(H,27,30)(H,28,32). The number of fused-ring (bicyclic) bond motifs is 2. The highest BCUT2D eigenvalue weighted by molar-refractivity contribution is 7.21. The van der Waals surface area contributed by atoms with E-state index in [1.807, 2.05) is 48.8 Å². The van der Waals surface area contributed by atoms with Crippen molar-refractivity contribution in [1.29, 1.82) is 0 Å². The molecule has 0 aliphatic carbocycles. The number of anilines is 2. The van der Waals surface area contributed by atoms with Crippen LogP contribution in [0, 0.1) is 0 Å². The zero-order chi connectivity index (χ0) is 23.1. The normalized spacial score (nSPS) is 16.3. The minimum atomic E-state index is -0.0863. The first-order valence-corrected chi connectivity index (χ1v) is 11.9. The largest absolute Gasteiger partial charge is 0.370 e. The number of aromatic nitrogens is 4. The van der Waals surface area contributed by atoms with E-state index in [9.17, 15) is 4.79 Å². The van der Waals surface area contributed by atoms with Crippen LogP contribution >= 0.6 is 11.3 Å². The summed E-state index contributed by atoms with van der Waals surface area (Å²) >= 11 is 1.62. The lowest BCUT2D eigenvalue weighted by atomic mass is 10.0. The average Bonchev–Trinajstić information content (AvgIpc) is 3.50. The fraction of sp³-hybridized carbons (Fsp3) is 0.200. The number of nitrogens with one attached hydrogen (secondary N) is 2. The fourth-order valence-corrected chi connectivity index (χ4v) is 5.36. The second-order valence-electron chi connectivity index (χ2n) is 8.29. The monoisotopic (exact) mass is 470 g/mol. The maximum absolute atomic E-state index is 11.4. The second-order valence-corrected chi connectivity index (χ2v) is 9.32. The number of amides is 1. The molecule has 4 heterocycles. The number of thiophene rings is 1. The van der Waals surface area contributed by atoms with Gasteiger partial charge in [0.05, 0.1) is 24.9 Å². The molecule has 1 aliphatic heterocycles. The topological polar surface area (TPSA) is 96.0 Å². The van der Waals surface area contributed by atoms with Crippen LogP contribution in [-0.2, 0) is 9.53 Å². The quantitative estimate of drug-likeness (QED) is 0.393. The molecule has 1 unspecified atom stereocenters. The Labute approximate surface area is 199 Å². The van der Waals surface area contributed by atoms with E-state index in [1.165, 1.54) is 6.92 Å². The number of benzene rings is 2. The summed E-state index contributed by atoms with van der Waals surface area (Å²) in [6.45, 7) is 3.52. The van der Waals surface area contributed by atoms with Crippen LogP contribution in [0.15, 0.2) is 60.9 Å². The van der Waals surface area contributed by atoms with Crippen LogP contribution in [0.4, 0.5) is 11.6 Å². The minimum Gasteiger partial charge on any atom is -0.370 e. The Hall–Kier alpha value is -3.82. The Kier molecular flexibility index (Phi) is 5.20. The summed E-state index contributed by atoms with van der Waals surface area (Å²) in [5.41, 5.74) is 3.94. The van der Waals surface area contributed by atoms with Gasteiger partial charge in [0, 0.05) is 41.0 Å². The lowest BCUT2D eigenvalue weighted by Gasteiger charge is -2.33. The summed E-state index contributed by atoms with van der Waals surface area (Å²) in [5.74, 6) is 0.623. The summed E-state index contributed by atoms with van der Waals surface area (Å²) < 4.78 is 6.12. The smallest absolute Gasteiger partial charge is 0.226 e. The number of carbonyl (C=O) groups excluding carboxylic acids is 1. The molecule has 1 aliphatic rings. The van der Waals surface area contributed by atoms with Gasteiger partial charge in [-0.25, -0.2) is 9.97 Å². The molecule has 2 N–H and O–H groups in total. The lowest BCUT2D eigenvalue weighted by molar-refractivity contribution is -0.114. The highest BCUT2D eigenvalue weighted by Crippen LogP contribution is 2.35. The van der Waals surface area contributed by atoms with E-state index in [1.54, 1.807) is 11.3 Å². The molecule has 0 bridgehead atoms. The van der Waals surface area contributed by atoms with Gasteiger partial charge in [0.25, 0.3) is 0 Å². The molecule has 8 nitrogen and oxygen atoms in total. The van der Waals surface area contributed by atoms with Gasteiger partial charge in [0.1, 0.15) is 10.9 Å². The third kappa shape index (κ3) is 3.89. The number of hydrogen-bond donors (Lipinski definition) is 2. The van der Waals surface area contributed by atoms with Crippen LogP contribution < -0.4 is 10.2 Å². The van der Waals surface area contributed by atoms with Gasteiger partial charge in [-0.15, -0.1) is 11.3 Å². The van der Waals surface area contributed by atoms with Crippen molar-refractivity contribution >= 4 is 50.0 Å². The molecular formula is C25H22N6O2S. The summed E-state index contributed by atoms with van der Waals surface area (Å²) in [6.07, 6.45) is 3.66. The molecule has 9 heteroatoms. The third-order valence-corrected chi connectivity index (χ3v) is 7.04. The number of hydrogen-bond acceptors (Lipinski definition) is 7. The van der Waals surface area contributed by atoms with Crippen molar-refractivity contribution in [1.82, 2.24) is 20.2 Å². The van der Waals surface area contributed by atoms with Gasteiger partial charge in [-0.1, -0.05) is 24.3 Å². The van der Waals surface area contributed by atoms with E-state index in [0.717, 1.165) is 49.4 Å². The van der Waals surface area contributed by atoms with E-state index >= 15 is 0 Å². The Morgan fingerprint density at radius 3 is 3.03 bits per heavy atom. The van der Waals surface area contributed by atoms with Gasteiger partial charge in [0.15, 0.2) is 0 Å². The minimum absolute atomic E-state index is 0.0789. The van der Waals surface area contributed by atoms with Gasteiger partial charge >= 0.3 is 0 Å². The van der Waals surface area contributed by atoms with Crippen LogP contribution in [0.1, 0.15) is 18.6 Å². The zero-order valence-corrected chi connectivity index (χ0v) is 19.3. The number of ether oxygens (including phenoxy) is 1. The van der Waals surface area contributed by atoms with E-state index in [-0.39, 0.29) is 12.0 Å². The van der Waals surface area contributed by atoms with Crippen LogP contribution in [0.2, 0.25) is 0 Å². The van der Waals surface area contributed by atoms with E-state index in [0.29, 0.717) is 19.1 Å². The highest BCUT2D eigenvalue weighted by atomic mass is 32.1. The predicted octanol–water partition coefficient (Wildman–Crippen LogP) is 4.77. The van der Waals surface area contributed by atoms with Crippen molar-refractivity contribution in [3.8, 4) is 10.4 Å². The molecule has 1 amide bonds. The van der Waals surface area contributed by atoms with Crippen molar-refractivity contribution in [2.24, 2.45) is 0 Å². The number of carbonyl (C=O) groups is 1. The number of H-pyrrole nitrogens is 1. The number of morpholine rings is 1. The first-order chi connectivity index (χ1) is 16.6. The molecule has 0 radical (unpaired) electrons. The van der Waals surface area contributed by atoms with Gasteiger partial charge in [-0.2, -0.15) is 5.10 Å². The molecule has 170 valence electrons. The molecule has 34 heavy (non-hydrogen) atoms.